The zero-order valence-electron chi connectivity index (χ0n) is 7.59. The second kappa shape index (κ2) is 8.07. The molecule has 0 aromatic carbocycles. The van der Waals surface area contributed by atoms with E-state index in [0.717, 1.165) is 0 Å². The third kappa shape index (κ3) is 9.36. The summed E-state index contributed by atoms with van der Waals surface area (Å²) in [4.78, 5) is 10.9. The van der Waals surface area contributed by atoms with Gasteiger partial charge in [0.1, 0.15) is 13.2 Å². The van der Waals surface area contributed by atoms with Gasteiger partial charge in [-0.3, -0.25) is 4.79 Å². The molecule has 0 unspecified atom stereocenters. The van der Waals surface area contributed by atoms with Gasteiger partial charge in [-0.1, -0.05) is 0 Å². The molecule has 0 saturated carbocycles. The molecule has 0 spiro atoms. The van der Waals surface area contributed by atoms with E-state index in [4.69, 9.17) is 4.74 Å². The number of rotatable bonds is 8. The molecule has 0 bridgehead atoms. The Kier molecular flexibility index (Phi) is 7.73. The smallest absolute Gasteiger partial charge is 0.261 e. The second-order valence-corrected chi connectivity index (χ2v) is 2.39. The molecule has 0 aliphatic heterocycles. The summed E-state index contributed by atoms with van der Waals surface area (Å²) >= 11 is 0. The van der Waals surface area contributed by atoms with E-state index < -0.39 is 13.0 Å². The maximum atomic E-state index is 11.5. The van der Waals surface area contributed by atoms with Gasteiger partial charge >= 0.3 is 0 Å². The van der Waals surface area contributed by atoms with Gasteiger partial charge in [-0.15, -0.1) is 0 Å². The van der Waals surface area contributed by atoms with Crippen LogP contribution >= 0.6 is 0 Å². The van der Waals surface area contributed by atoms with E-state index in [2.05, 4.69) is 4.74 Å². The van der Waals surface area contributed by atoms with Crippen molar-refractivity contribution in [3.63, 3.8) is 0 Å². The Hall–Kier alpha value is -0.550. The van der Waals surface area contributed by atoms with E-state index in [1.54, 1.807) is 6.92 Å². The van der Waals surface area contributed by atoms with Gasteiger partial charge in [0, 0.05) is 13.0 Å². The van der Waals surface area contributed by atoms with E-state index in [1.807, 2.05) is 0 Å². The van der Waals surface area contributed by atoms with Crippen LogP contribution in [0.15, 0.2) is 0 Å². The number of Topliss-reactive ketones (excluding diaryl/α,β-unsaturated/α-hetero) is 1. The van der Waals surface area contributed by atoms with Gasteiger partial charge in [0.05, 0.1) is 6.61 Å². The SMILES string of the molecule is CCOCC(=O)CCOCC(F)F. The van der Waals surface area contributed by atoms with E-state index >= 15 is 0 Å². The van der Waals surface area contributed by atoms with Gasteiger partial charge in [-0.25, -0.2) is 8.78 Å². The molecular formula is C8H14F2O3. The molecule has 0 fully saturated rings. The summed E-state index contributed by atoms with van der Waals surface area (Å²) in [7, 11) is 0. The minimum Gasteiger partial charge on any atom is -0.375 e. The number of ether oxygens (including phenoxy) is 2. The van der Waals surface area contributed by atoms with Gasteiger partial charge in [0.2, 0.25) is 0 Å². The van der Waals surface area contributed by atoms with Crippen LogP contribution in [0.2, 0.25) is 0 Å². The van der Waals surface area contributed by atoms with Crippen LogP contribution in [0.5, 0.6) is 0 Å². The summed E-state index contributed by atoms with van der Waals surface area (Å²) < 4.78 is 32.4. The first-order chi connectivity index (χ1) is 6.16. The standard InChI is InChI=1S/C8H14F2O3/c1-2-12-5-7(11)3-4-13-6-8(9)10/h8H,2-6H2,1H3. The lowest BCUT2D eigenvalue weighted by Gasteiger charge is -2.02. The quantitative estimate of drug-likeness (QED) is 0.548. The maximum Gasteiger partial charge on any atom is 0.261 e. The van der Waals surface area contributed by atoms with Crippen LogP contribution < -0.4 is 0 Å². The van der Waals surface area contributed by atoms with Gasteiger partial charge in [-0.2, -0.15) is 0 Å². The summed E-state index contributed by atoms with van der Waals surface area (Å²) in [6.45, 7) is 1.72. The van der Waals surface area contributed by atoms with Crippen molar-refractivity contribution in [1.29, 1.82) is 0 Å². The molecule has 0 aliphatic carbocycles. The predicted octanol–water partition coefficient (Wildman–Crippen LogP) is 1.26. The normalized spacial score (nSPS) is 10.8. The number of carbonyl (C=O) groups excluding carboxylic acids is 1. The molecule has 0 heterocycles. The molecule has 0 N–H and O–H groups in total. The maximum absolute atomic E-state index is 11.5. The number of hydrogen-bond donors (Lipinski definition) is 0. The van der Waals surface area contributed by atoms with Crippen molar-refractivity contribution in [2.45, 2.75) is 19.8 Å². The summed E-state index contributed by atoms with van der Waals surface area (Å²) in [6, 6.07) is 0. The topological polar surface area (TPSA) is 35.5 Å². The van der Waals surface area contributed by atoms with Crippen molar-refractivity contribution in [3.05, 3.63) is 0 Å². The number of halogens is 2. The van der Waals surface area contributed by atoms with Crippen LogP contribution in [0.4, 0.5) is 8.78 Å². The van der Waals surface area contributed by atoms with Crippen molar-refractivity contribution >= 4 is 5.78 Å². The average Bonchev–Trinajstić information content (AvgIpc) is 2.08. The molecule has 3 nitrogen and oxygen atoms in total. The Labute approximate surface area is 76.0 Å². The molecule has 0 atom stereocenters. The molecule has 0 aliphatic rings. The molecule has 0 radical (unpaired) electrons. The second-order valence-electron chi connectivity index (χ2n) is 2.39. The summed E-state index contributed by atoms with van der Waals surface area (Å²) in [5.41, 5.74) is 0. The molecule has 0 rings (SSSR count). The largest absolute Gasteiger partial charge is 0.375 e. The zero-order valence-corrected chi connectivity index (χ0v) is 7.59. The average molecular weight is 196 g/mol. The zero-order chi connectivity index (χ0) is 10.1. The molecule has 0 aromatic heterocycles. The number of alkyl halides is 2. The van der Waals surface area contributed by atoms with Crippen LogP contribution in [0, 0.1) is 0 Å². The molecule has 0 aromatic rings. The highest BCUT2D eigenvalue weighted by molar-refractivity contribution is 5.79. The minimum atomic E-state index is -2.47. The lowest BCUT2D eigenvalue weighted by atomic mass is 10.3. The van der Waals surface area contributed by atoms with Crippen molar-refractivity contribution in [1.82, 2.24) is 0 Å². The van der Waals surface area contributed by atoms with Crippen LogP contribution in [-0.4, -0.2) is 38.6 Å². The van der Waals surface area contributed by atoms with Gasteiger partial charge in [0.25, 0.3) is 6.43 Å². The van der Waals surface area contributed by atoms with Crippen molar-refractivity contribution in [2.24, 2.45) is 0 Å². The fraction of sp³-hybridized carbons (Fsp3) is 0.875. The first kappa shape index (κ1) is 12.4. The summed E-state index contributed by atoms with van der Waals surface area (Å²) in [6.07, 6.45) is -2.34. The number of hydrogen-bond acceptors (Lipinski definition) is 3. The predicted molar refractivity (Wildman–Crippen MR) is 42.9 cm³/mol. The Bertz CT molecular complexity index is 139. The van der Waals surface area contributed by atoms with Crippen LogP contribution in [0.25, 0.3) is 0 Å². The lowest BCUT2D eigenvalue weighted by Crippen LogP contribution is -2.13. The number of ketones is 1. The van der Waals surface area contributed by atoms with Crippen molar-refractivity contribution in [3.8, 4) is 0 Å². The van der Waals surface area contributed by atoms with Crippen molar-refractivity contribution in [2.75, 3.05) is 26.4 Å². The fourth-order valence-corrected chi connectivity index (χ4v) is 0.646. The minimum absolute atomic E-state index is 0.0362. The third-order valence-corrected chi connectivity index (χ3v) is 1.24. The molecule has 78 valence electrons. The number of carbonyl (C=O) groups is 1. The van der Waals surface area contributed by atoms with Crippen LogP contribution in [-0.2, 0) is 14.3 Å². The van der Waals surface area contributed by atoms with Gasteiger partial charge < -0.3 is 9.47 Å². The Morgan fingerprint density at radius 2 is 2.08 bits per heavy atom. The van der Waals surface area contributed by atoms with E-state index in [-0.39, 0.29) is 25.4 Å². The third-order valence-electron chi connectivity index (χ3n) is 1.24. The Morgan fingerprint density at radius 1 is 1.38 bits per heavy atom. The van der Waals surface area contributed by atoms with Gasteiger partial charge in [0.15, 0.2) is 5.78 Å². The highest BCUT2D eigenvalue weighted by atomic mass is 19.3. The molecule has 0 amide bonds. The summed E-state index contributed by atoms with van der Waals surface area (Å²) in [5, 5.41) is 0. The molecule has 13 heavy (non-hydrogen) atoms. The first-order valence-electron chi connectivity index (χ1n) is 4.12. The fourth-order valence-electron chi connectivity index (χ4n) is 0.646. The Morgan fingerprint density at radius 3 is 2.62 bits per heavy atom. The molecule has 5 heteroatoms. The monoisotopic (exact) mass is 196 g/mol. The highest BCUT2D eigenvalue weighted by Gasteiger charge is 2.04. The van der Waals surface area contributed by atoms with Crippen LogP contribution in [0.3, 0.4) is 0 Å². The highest BCUT2D eigenvalue weighted by Crippen LogP contribution is 1.94. The molecule has 0 saturated heterocycles. The van der Waals surface area contributed by atoms with Crippen LogP contribution in [0.1, 0.15) is 13.3 Å². The van der Waals surface area contributed by atoms with E-state index in [1.165, 1.54) is 0 Å². The van der Waals surface area contributed by atoms with E-state index in [0.29, 0.717) is 6.61 Å². The first-order valence-corrected chi connectivity index (χ1v) is 4.12. The van der Waals surface area contributed by atoms with E-state index in [9.17, 15) is 13.6 Å². The van der Waals surface area contributed by atoms with Gasteiger partial charge in [-0.05, 0) is 6.92 Å². The Balaban J connectivity index is 3.17. The van der Waals surface area contributed by atoms with Crippen molar-refractivity contribution < 1.29 is 23.0 Å². The summed E-state index contributed by atoms with van der Waals surface area (Å²) in [5.74, 6) is -0.129. The lowest BCUT2D eigenvalue weighted by molar-refractivity contribution is -0.124. The molecular weight excluding hydrogens is 182 g/mol.